The third kappa shape index (κ3) is 4.85. The number of nitrogens with zero attached hydrogens (tertiary/aromatic N) is 1. The lowest BCUT2D eigenvalue weighted by molar-refractivity contribution is -0.130. The van der Waals surface area contributed by atoms with Crippen LogP contribution in [-0.2, 0) is 4.79 Å². The summed E-state index contributed by atoms with van der Waals surface area (Å²) in [5.41, 5.74) is 0. The second-order valence-electron chi connectivity index (χ2n) is 3.76. The average Bonchev–Trinajstić information content (AvgIpc) is 2.76. The summed E-state index contributed by atoms with van der Waals surface area (Å²) in [6, 6.07) is 0. The van der Waals surface area contributed by atoms with Crippen molar-refractivity contribution in [2.24, 2.45) is 0 Å². The second kappa shape index (κ2) is 7.30. The number of likely N-dealkylation sites (tertiary alicyclic amines) is 1. The zero-order valence-corrected chi connectivity index (χ0v) is 9.51. The molecule has 0 radical (unpaired) electrons. The van der Waals surface area contributed by atoms with Crippen LogP contribution in [0.15, 0.2) is 0 Å². The van der Waals surface area contributed by atoms with Gasteiger partial charge in [-0.2, -0.15) is 0 Å². The van der Waals surface area contributed by atoms with Crippen LogP contribution in [-0.4, -0.2) is 37.0 Å². The maximum Gasteiger partial charge on any atom is 0.223 e. The Hall–Kier alpha value is -1.01. The summed E-state index contributed by atoms with van der Waals surface area (Å²) in [6.45, 7) is 5.42. The van der Waals surface area contributed by atoms with E-state index in [4.69, 9.17) is 0 Å². The molecule has 15 heavy (non-hydrogen) atoms. The minimum atomic E-state index is 0.293. The van der Waals surface area contributed by atoms with Crippen molar-refractivity contribution >= 4 is 5.91 Å². The predicted molar refractivity (Wildman–Crippen MR) is 61.4 cm³/mol. The van der Waals surface area contributed by atoms with Gasteiger partial charge in [0.1, 0.15) is 0 Å². The zero-order chi connectivity index (χ0) is 10.9. The minimum Gasteiger partial charge on any atom is -0.343 e. The van der Waals surface area contributed by atoms with E-state index in [0.717, 1.165) is 32.6 Å². The highest BCUT2D eigenvalue weighted by atomic mass is 16.2. The molecule has 0 spiro atoms. The van der Waals surface area contributed by atoms with Crippen molar-refractivity contribution in [3.8, 4) is 11.8 Å². The first-order valence-electron chi connectivity index (χ1n) is 5.72. The van der Waals surface area contributed by atoms with Crippen molar-refractivity contribution in [1.82, 2.24) is 10.2 Å². The first kappa shape index (κ1) is 12.1. The van der Waals surface area contributed by atoms with E-state index >= 15 is 0 Å². The highest BCUT2D eigenvalue weighted by Gasteiger charge is 2.16. The monoisotopic (exact) mass is 208 g/mol. The molecule has 1 N–H and O–H groups in total. The van der Waals surface area contributed by atoms with E-state index in [-0.39, 0.29) is 0 Å². The molecule has 1 saturated heterocycles. The lowest BCUT2D eigenvalue weighted by Crippen LogP contribution is -2.30. The number of carbonyl (C=O) groups is 1. The van der Waals surface area contributed by atoms with Crippen molar-refractivity contribution in [3.05, 3.63) is 0 Å². The third-order valence-corrected chi connectivity index (χ3v) is 2.58. The van der Waals surface area contributed by atoms with Gasteiger partial charge in [-0.3, -0.25) is 4.79 Å². The first-order chi connectivity index (χ1) is 7.34. The normalized spacial score (nSPS) is 14.9. The van der Waals surface area contributed by atoms with Crippen LogP contribution in [0.5, 0.6) is 0 Å². The maximum atomic E-state index is 11.6. The van der Waals surface area contributed by atoms with E-state index < -0.39 is 0 Å². The molecule has 1 aliphatic rings. The molecule has 84 valence electrons. The van der Waals surface area contributed by atoms with Gasteiger partial charge >= 0.3 is 0 Å². The van der Waals surface area contributed by atoms with Crippen LogP contribution in [0.2, 0.25) is 0 Å². The van der Waals surface area contributed by atoms with Gasteiger partial charge in [0.25, 0.3) is 0 Å². The molecule has 1 amide bonds. The van der Waals surface area contributed by atoms with Crippen molar-refractivity contribution in [2.45, 2.75) is 32.6 Å². The lowest BCUT2D eigenvalue weighted by Gasteiger charge is -2.14. The molecule has 0 atom stereocenters. The Balaban J connectivity index is 1.98. The molecule has 0 aromatic heterocycles. The summed E-state index contributed by atoms with van der Waals surface area (Å²) in [4.78, 5) is 13.6. The fourth-order valence-corrected chi connectivity index (χ4v) is 1.72. The highest BCUT2D eigenvalue weighted by molar-refractivity contribution is 5.76. The molecule has 1 aliphatic heterocycles. The maximum absolute atomic E-state index is 11.6. The van der Waals surface area contributed by atoms with Gasteiger partial charge in [-0.15, -0.1) is 11.8 Å². The van der Waals surface area contributed by atoms with Crippen LogP contribution in [0, 0.1) is 11.8 Å². The Labute approximate surface area is 92.2 Å². The molecule has 0 aromatic carbocycles. The van der Waals surface area contributed by atoms with Crippen LogP contribution in [0.3, 0.4) is 0 Å². The third-order valence-electron chi connectivity index (χ3n) is 2.58. The van der Waals surface area contributed by atoms with Crippen molar-refractivity contribution in [1.29, 1.82) is 0 Å². The molecule has 1 rings (SSSR count). The Kier molecular flexibility index (Phi) is 5.87. The van der Waals surface area contributed by atoms with E-state index in [1.165, 1.54) is 12.8 Å². The number of rotatable bonds is 5. The van der Waals surface area contributed by atoms with Crippen molar-refractivity contribution in [2.75, 3.05) is 26.2 Å². The fraction of sp³-hybridized carbons (Fsp3) is 0.750. The number of hydrogen-bond donors (Lipinski definition) is 1. The molecule has 3 heteroatoms. The molecule has 0 unspecified atom stereocenters. The van der Waals surface area contributed by atoms with Gasteiger partial charge in [0.2, 0.25) is 5.91 Å². The van der Waals surface area contributed by atoms with E-state index in [0.29, 0.717) is 12.3 Å². The SMILES string of the molecule is CC#CCCNCCC(=O)N1CCCC1. The van der Waals surface area contributed by atoms with Gasteiger partial charge in [-0.1, -0.05) is 0 Å². The lowest BCUT2D eigenvalue weighted by atomic mass is 10.3. The Morgan fingerprint density at radius 3 is 2.73 bits per heavy atom. The molecule has 0 aromatic rings. The van der Waals surface area contributed by atoms with Crippen LogP contribution in [0.1, 0.15) is 32.6 Å². The molecule has 1 heterocycles. The Morgan fingerprint density at radius 2 is 2.07 bits per heavy atom. The second-order valence-corrected chi connectivity index (χ2v) is 3.76. The smallest absolute Gasteiger partial charge is 0.223 e. The van der Waals surface area contributed by atoms with E-state index in [9.17, 15) is 4.79 Å². The van der Waals surface area contributed by atoms with Gasteiger partial charge < -0.3 is 10.2 Å². The summed E-state index contributed by atoms with van der Waals surface area (Å²) in [5, 5.41) is 3.22. The van der Waals surface area contributed by atoms with Crippen LogP contribution in [0.4, 0.5) is 0 Å². The van der Waals surface area contributed by atoms with Crippen LogP contribution < -0.4 is 5.32 Å². The fourth-order valence-electron chi connectivity index (χ4n) is 1.72. The van der Waals surface area contributed by atoms with E-state index in [2.05, 4.69) is 17.2 Å². The predicted octanol–water partition coefficient (Wildman–Crippen LogP) is 1.00. The van der Waals surface area contributed by atoms with Crippen molar-refractivity contribution < 1.29 is 4.79 Å². The van der Waals surface area contributed by atoms with Crippen molar-refractivity contribution in [3.63, 3.8) is 0 Å². The van der Waals surface area contributed by atoms with Gasteiger partial charge in [-0.25, -0.2) is 0 Å². The molecule has 1 fully saturated rings. The molecule has 0 saturated carbocycles. The Bertz CT molecular complexity index is 246. The van der Waals surface area contributed by atoms with E-state index in [1.807, 2.05) is 11.8 Å². The molecule has 0 bridgehead atoms. The topological polar surface area (TPSA) is 32.3 Å². The van der Waals surface area contributed by atoms with Gasteiger partial charge in [0.05, 0.1) is 0 Å². The molecular weight excluding hydrogens is 188 g/mol. The number of carbonyl (C=O) groups excluding carboxylic acids is 1. The standard InChI is InChI=1S/C12H20N2O/c1-2-3-4-8-13-9-7-12(15)14-10-5-6-11-14/h13H,4-11H2,1H3. The first-order valence-corrected chi connectivity index (χ1v) is 5.72. The number of hydrogen-bond acceptors (Lipinski definition) is 2. The largest absolute Gasteiger partial charge is 0.343 e. The summed E-state index contributed by atoms with van der Waals surface area (Å²) >= 11 is 0. The summed E-state index contributed by atoms with van der Waals surface area (Å²) in [5.74, 6) is 6.12. The van der Waals surface area contributed by atoms with Gasteiger partial charge in [0, 0.05) is 39.0 Å². The molecule has 0 aliphatic carbocycles. The summed E-state index contributed by atoms with van der Waals surface area (Å²) in [6.07, 6.45) is 3.84. The summed E-state index contributed by atoms with van der Waals surface area (Å²) in [7, 11) is 0. The highest BCUT2D eigenvalue weighted by Crippen LogP contribution is 2.08. The molecular formula is C12H20N2O. The average molecular weight is 208 g/mol. The Morgan fingerprint density at radius 1 is 1.33 bits per heavy atom. The van der Waals surface area contributed by atoms with Gasteiger partial charge in [0.15, 0.2) is 0 Å². The van der Waals surface area contributed by atoms with Crippen LogP contribution >= 0.6 is 0 Å². The zero-order valence-electron chi connectivity index (χ0n) is 9.51. The molecule has 3 nitrogen and oxygen atoms in total. The van der Waals surface area contributed by atoms with E-state index in [1.54, 1.807) is 0 Å². The summed E-state index contributed by atoms with van der Waals surface area (Å²) < 4.78 is 0. The number of amides is 1. The van der Waals surface area contributed by atoms with Crippen LogP contribution in [0.25, 0.3) is 0 Å². The minimum absolute atomic E-state index is 0.293. The van der Waals surface area contributed by atoms with Gasteiger partial charge in [-0.05, 0) is 19.8 Å². The number of nitrogens with one attached hydrogen (secondary N) is 1. The quantitative estimate of drug-likeness (QED) is 0.540.